The molecule has 5 heteroatoms. The van der Waals surface area contributed by atoms with Gasteiger partial charge in [-0.2, -0.15) is 0 Å². The molecule has 16 heavy (non-hydrogen) atoms. The van der Waals surface area contributed by atoms with Gasteiger partial charge < -0.3 is 9.52 Å². The Morgan fingerprint density at radius 1 is 1.38 bits per heavy atom. The Hall–Kier alpha value is -1.75. The molecule has 0 fully saturated rings. The van der Waals surface area contributed by atoms with Crippen molar-refractivity contribution in [2.75, 3.05) is 0 Å². The number of carboxylic acids is 1. The second kappa shape index (κ2) is 4.40. The molecule has 0 spiro atoms. The summed E-state index contributed by atoms with van der Waals surface area (Å²) in [6.07, 6.45) is 0. The number of aryl methyl sites for hydroxylation is 1. The zero-order valence-electron chi connectivity index (χ0n) is 8.51. The molecule has 82 valence electrons. The molecular formula is C11H9NO3S. The third kappa shape index (κ3) is 2.43. The molecule has 2 aromatic rings. The van der Waals surface area contributed by atoms with Crippen LogP contribution >= 0.6 is 11.8 Å². The van der Waals surface area contributed by atoms with Crippen molar-refractivity contribution in [1.29, 1.82) is 0 Å². The van der Waals surface area contributed by atoms with E-state index in [-0.39, 0.29) is 5.76 Å². The predicted molar refractivity (Wildman–Crippen MR) is 58.8 cm³/mol. The lowest BCUT2D eigenvalue weighted by Crippen LogP contribution is -1.91. The van der Waals surface area contributed by atoms with Crippen LogP contribution < -0.4 is 0 Å². The summed E-state index contributed by atoms with van der Waals surface area (Å²) in [6.45, 7) is 1.90. The first kappa shape index (κ1) is 10.8. The number of aromatic nitrogens is 1. The number of furan rings is 1. The summed E-state index contributed by atoms with van der Waals surface area (Å²) in [5, 5.41) is 10.00. The van der Waals surface area contributed by atoms with Gasteiger partial charge in [-0.05, 0) is 43.0 Å². The standard InChI is InChI=1S/C11H9NO3S/c1-7-3-2-4-9(12-7)16-10-6-5-8(15-10)11(13)14/h2-6H,1H3,(H,13,14). The van der Waals surface area contributed by atoms with Crippen LogP contribution in [-0.4, -0.2) is 16.1 Å². The minimum Gasteiger partial charge on any atom is -0.475 e. The maximum absolute atomic E-state index is 10.6. The maximum Gasteiger partial charge on any atom is 0.371 e. The quantitative estimate of drug-likeness (QED) is 0.886. The molecule has 0 radical (unpaired) electrons. The molecular weight excluding hydrogens is 226 g/mol. The third-order valence-electron chi connectivity index (χ3n) is 1.86. The smallest absolute Gasteiger partial charge is 0.371 e. The minimum atomic E-state index is -1.07. The number of hydrogen-bond acceptors (Lipinski definition) is 4. The number of carboxylic acid groups (broad SMARTS) is 1. The summed E-state index contributed by atoms with van der Waals surface area (Å²) in [5.41, 5.74) is 0.912. The van der Waals surface area contributed by atoms with E-state index < -0.39 is 5.97 Å². The first-order chi connectivity index (χ1) is 7.65. The van der Waals surface area contributed by atoms with Crippen molar-refractivity contribution in [3.05, 3.63) is 41.8 Å². The lowest BCUT2D eigenvalue weighted by Gasteiger charge is -1.97. The highest BCUT2D eigenvalue weighted by molar-refractivity contribution is 7.99. The Labute approximate surface area is 96.3 Å². The van der Waals surface area contributed by atoms with Crippen LogP contribution in [-0.2, 0) is 0 Å². The molecule has 0 bridgehead atoms. The van der Waals surface area contributed by atoms with Crippen LogP contribution in [0.2, 0.25) is 0 Å². The van der Waals surface area contributed by atoms with Crippen LogP contribution in [0.1, 0.15) is 16.2 Å². The van der Waals surface area contributed by atoms with Gasteiger partial charge in [-0.3, -0.25) is 0 Å². The van der Waals surface area contributed by atoms with E-state index in [1.165, 1.54) is 17.8 Å². The van der Waals surface area contributed by atoms with Crippen molar-refractivity contribution in [1.82, 2.24) is 4.98 Å². The van der Waals surface area contributed by atoms with E-state index in [1.54, 1.807) is 6.07 Å². The lowest BCUT2D eigenvalue weighted by atomic mass is 10.4. The molecule has 1 N–H and O–H groups in total. The first-order valence-corrected chi connectivity index (χ1v) is 5.41. The fraction of sp³-hybridized carbons (Fsp3) is 0.0909. The van der Waals surface area contributed by atoms with Crippen LogP contribution in [0.15, 0.2) is 44.9 Å². The summed E-state index contributed by atoms with van der Waals surface area (Å²) in [7, 11) is 0. The fourth-order valence-corrected chi connectivity index (χ4v) is 1.98. The van der Waals surface area contributed by atoms with Crippen molar-refractivity contribution < 1.29 is 14.3 Å². The van der Waals surface area contributed by atoms with Crippen LogP contribution in [0.3, 0.4) is 0 Å². The number of rotatable bonds is 3. The molecule has 2 heterocycles. The summed E-state index contributed by atoms with van der Waals surface area (Å²) >= 11 is 1.30. The highest BCUT2D eigenvalue weighted by Crippen LogP contribution is 2.27. The Balaban J connectivity index is 2.17. The van der Waals surface area contributed by atoms with Crippen molar-refractivity contribution in [3.8, 4) is 0 Å². The van der Waals surface area contributed by atoms with E-state index in [4.69, 9.17) is 9.52 Å². The molecule has 2 aromatic heterocycles. The average molecular weight is 235 g/mol. The number of aromatic carboxylic acids is 1. The van der Waals surface area contributed by atoms with E-state index in [9.17, 15) is 4.79 Å². The van der Waals surface area contributed by atoms with Crippen LogP contribution in [0, 0.1) is 6.92 Å². The topological polar surface area (TPSA) is 63.3 Å². The third-order valence-corrected chi connectivity index (χ3v) is 2.72. The molecule has 0 aliphatic carbocycles. The highest BCUT2D eigenvalue weighted by Gasteiger charge is 2.10. The van der Waals surface area contributed by atoms with E-state index >= 15 is 0 Å². The van der Waals surface area contributed by atoms with Gasteiger partial charge in [0.1, 0.15) is 5.03 Å². The molecule has 4 nitrogen and oxygen atoms in total. The second-order valence-corrected chi connectivity index (χ2v) is 4.17. The SMILES string of the molecule is Cc1cccc(Sc2ccc(C(=O)O)o2)n1. The summed E-state index contributed by atoms with van der Waals surface area (Å²) in [4.78, 5) is 14.9. The summed E-state index contributed by atoms with van der Waals surface area (Å²) in [6, 6.07) is 8.69. The van der Waals surface area contributed by atoms with Gasteiger partial charge in [0.25, 0.3) is 0 Å². The number of nitrogens with zero attached hydrogens (tertiary/aromatic N) is 1. The molecule has 0 aromatic carbocycles. The lowest BCUT2D eigenvalue weighted by molar-refractivity contribution is 0.0656. The molecule has 0 aliphatic rings. The number of carbonyl (C=O) groups is 1. The zero-order chi connectivity index (χ0) is 11.5. The van der Waals surface area contributed by atoms with Crippen LogP contribution in [0.5, 0.6) is 0 Å². The Morgan fingerprint density at radius 2 is 2.19 bits per heavy atom. The van der Waals surface area contributed by atoms with Gasteiger partial charge in [-0.1, -0.05) is 6.07 Å². The largest absolute Gasteiger partial charge is 0.475 e. The van der Waals surface area contributed by atoms with Crippen molar-refractivity contribution in [3.63, 3.8) is 0 Å². The van der Waals surface area contributed by atoms with E-state index in [1.807, 2.05) is 25.1 Å². The average Bonchev–Trinajstić information content (AvgIpc) is 2.66. The first-order valence-electron chi connectivity index (χ1n) is 4.60. The van der Waals surface area contributed by atoms with Gasteiger partial charge in [0.15, 0.2) is 5.09 Å². The maximum atomic E-state index is 10.6. The van der Waals surface area contributed by atoms with Gasteiger partial charge in [0.05, 0.1) is 0 Å². The van der Waals surface area contributed by atoms with Gasteiger partial charge in [-0.25, -0.2) is 9.78 Å². The summed E-state index contributed by atoms with van der Waals surface area (Å²) in [5.74, 6) is -1.13. The molecule has 0 unspecified atom stereocenters. The molecule has 0 saturated heterocycles. The molecule has 0 atom stereocenters. The van der Waals surface area contributed by atoms with Crippen molar-refractivity contribution in [2.24, 2.45) is 0 Å². The molecule has 0 aliphatic heterocycles. The molecule has 0 amide bonds. The fourth-order valence-electron chi connectivity index (χ4n) is 1.17. The normalized spacial score (nSPS) is 10.3. The minimum absolute atomic E-state index is 0.0600. The predicted octanol–water partition coefficient (Wildman–Crippen LogP) is 2.83. The van der Waals surface area contributed by atoms with E-state index in [0.29, 0.717) is 5.09 Å². The Morgan fingerprint density at radius 3 is 2.81 bits per heavy atom. The Kier molecular flexibility index (Phi) is 2.96. The monoisotopic (exact) mass is 235 g/mol. The van der Waals surface area contributed by atoms with Gasteiger partial charge in [-0.15, -0.1) is 0 Å². The van der Waals surface area contributed by atoms with Crippen molar-refractivity contribution in [2.45, 2.75) is 17.0 Å². The van der Waals surface area contributed by atoms with Gasteiger partial charge in [0, 0.05) is 5.69 Å². The summed E-state index contributed by atoms with van der Waals surface area (Å²) < 4.78 is 5.11. The van der Waals surface area contributed by atoms with Crippen LogP contribution in [0.25, 0.3) is 0 Å². The zero-order valence-corrected chi connectivity index (χ0v) is 9.32. The van der Waals surface area contributed by atoms with E-state index in [2.05, 4.69) is 4.98 Å². The number of pyridine rings is 1. The Bertz CT molecular complexity index is 521. The van der Waals surface area contributed by atoms with E-state index in [0.717, 1.165) is 10.7 Å². The second-order valence-electron chi connectivity index (χ2n) is 3.14. The highest BCUT2D eigenvalue weighted by atomic mass is 32.2. The molecule has 2 rings (SSSR count). The molecule has 0 saturated carbocycles. The van der Waals surface area contributed by atoms with Crippen LogP contribution in [0.4, 0.5) is 0 Å². The number of hydrogen-bond donors (Lipinski definition) is 1. The van der Waals surface area contributed by atoms with Gasteiger partial charge >= 0.3 is 5.97 Å². The van der Waals surface area contributed by atoms with Gasteiger partial charge in [0.2, 0.25) is 5.76 Å². The van der Waals surface area contributed by atoms with Crippen molar-refractivity contribution >= 4 is 17.7 Å².